The van der Waals surface area contributed by atoms with E-state index in [1.165, 1.54) is 0 Å². The molecule has 0 aliphatic rings. The minimum Gasteiger partial charge on any atom is -0.507 e. The van der Waals surface area contributed by atoms with E-state index in [0.717, 1.165) is 10.9 Å². The van der Waals surface area contributed by atoms with E-state index in [1.807, 2.05) is 6.07 Å². The van der Waals surface area contributed by atoms with E-state index in [9.17, 15) is 5.11 Å². The zero-order valence-electron chi connectivity index (χ0n) is 8.49. The molecular weight excluding hydrogens is 192 g/mol. The first-order chi connectivity index (χ1) is 7.06. The molecule has 1 aromatic carbocycles. The minimum absolute atomic E-state index is 0.132. The minimum atomic E-state index is -0.921. The van der Waals surface area contributed by atoms with Gasteiger partial charge in [0.1, 0.15) is 5.75 Å². The summed E-state index contributed by atoms with van der Waals surface area (Å²) in [6.07, 6.45) is 1.75. The molecule has 0 aliphatic heterocycles. The summed E-state index contributed by atoms with van der Waals surface area (Å²) in [5.41, 5.74) is 6.36. The number of phenolic OH excluding ortho intramolecular Hbond substituents is 1. The molecule has 0 amide bonds. The summed E-state index contributed by atoms with van der Waals surface area (Å²) in [6, 6.07) is 5.34. The molecule has 4 nitrogen and oxygen atoms in total. The molecule has 0 radical (unpaired) electrons. The average Bonchev–Trinajstić information content (AvgIpc) is 2.66. The highest BCUT2D eigenvalue weighted by molar-refractivity contribution is 5.87. The Labute approximate surface area is 87.3 Å². The Morgan fingerprint density at radius 2 is 2.13 bits per heavy atom. The number of aromatic hydroxyl groups is 1. The van der Waals surface area contributed by atoms with E-state index in [4.69, 9.17) is 10.8 Å². The highest BCUT2D eigenvalue weighted by Crippen LogP contribution is 2.33. The molecule has 1 aromatic heterocycles. The highest BCUT2D eigenvalue weighted by atomic mass is 16.3. The maximum Gasteiger partial charge on any atom is 0.130 e. The van der Waals surface area contributed by atoms with Crippen LogP contribution in [-0.4, -0.2) is 21.8 Å². The number of aliphatic hydroxyl groups is 1. The summed E-state index contributed by atoms with van der Waals surface area (Å²) in [7, 11) is 0. The third kappa shape index (κ3) is 1.48. The Morgan fingerprint density at radius 3 is 2.80 bits per heavy atom. The Kier molecular flexibility index (Phi) is 2.17. The number of nitrogens with two attached hydrogens (primary N) is 1. The van der Waals surface area contributed by atoms with Crippen LogP contribution >= 0.6 is 0 Å². The summed E-state index contributed by atoms with van der Waals surface area (Å²) in [4.78, 5) is 2.99. The SMILES string of the molecule is C[C@@](N)(CO)c1ccc2[nH]ccc2c1O. The number of rotatable bonds is 2. The number of nitrogens with one attached hydrogen (secondary N) is 1. The summed E-state index contributed by atoms with van der Waals surface area (Å²) in [6.45, 7) is 1.47. The van der Waals surface area contributed by atoms with Crippen LogP contribution in [0.3, 0.4) is 0 Å². The lowest BCUT2D eigenvalue weighted by molar-refractivity contribution is 0.207. The number of aromatic amines is 1. The van der Waals surface area contributed by atoms with Crippen molar-refractivity contribution in [3.8, 4) is 5.75 Å². The predicted molar refractivity (Wildman–Crippen MR) is 58.6 cm³/mol. The average molecular weight is 206 g/mol. The van der Waals surface area contributed by atoms with Crippen LogP contribution in [0.2, 0.25) is 0 Å². The lowest BCUT2D eigenvalue weighted by Gasteiger charge is -2.23. The molecule has 0 saturated carbocycles. The van der Waals surface area contributed by atoms with Gasteiger partial charge in [0.25, 0.3) is 0 Å². The van der Waals surface area contributed by atoms with Crippen molar-refractivity contribution in [2.45, 2.75) is 12.5 Å². The van der Waals surface area contributed by atoms with Crippen LogP contribution in [0.5, 0.6) is 5.75 Å². The van der Waals surface area contributed by atoms with Gasteiger partial charge in [0, 0.05) is 22.7 Å². The highest BCUT2D eigenvalue weighted by Gasteiger charge is 2.24. The van der Waals surface area contributed by atoms with Gasteiger partial charge in [-0.1, -0.05) is 6.07 Å². The molecule has 0 aliphatic carbocycles. The van der Waals surface area contributed by atoms with Crippen LogP contribution in [0.1, 0.15) is 12.5 Å². The van der Waals surface area contributed by atoms with Gasteiger partial charge < -0.3 is 20.9 Å². The molecule has 80 valence electrons. The molecule has 1 heterocycles. The number of benzene rings is 1. The van der Waals surface area contributed by atoms with Crippen LogP contribution in [0.15, 0.2) is 24.4 Å². The van der Waals surface area contributed by atoms with E-state index in [2.05, 4.69) is 4.98 Å². The maximum absolute atomic E-state index is 9.99. The van der Waals surface area contributed by atoms with Gasteiger partial charge in [-0.05, 0) is 19.1 Å². The molecule has 1 atom stereocenters. The number of hydrogen-bond acceptors (Lipinski definition) is 3. The molecule has 2 rings (SSSR count). The van der Waals surface area contributed by atoms with Crippen molar-refractivity contribution in [1.29, 1.82) is 0 Å². The first-order valence-corrected chi connectivity index (χ1v) is 4.75. The lowest BCUT2D eigenvalue weighted by atomic mass is 9.92. The van der Waals surface area contributed by atoms with Crippen molar-refractivity contribution >= 4 is 10.9 Å². The van der Waals surface area contributed by atoms with Crippen LogP contribution in [-0.2, 0) is 5.54 Å². The standard InChI is InChI=1S/C11H14N2O2/c1-11(12,6-14)8-2-3-9-7(10(8)15)4-5-13-9/h2-5,13-15H,6,12H2,1H3/t11-/m1/s1. The van der Waals surface area contributed by atoms with Gasteiger partial charge in [0.2, 0.25) is 0 Å². The van der Waals surface area contributed by atoms with E-state index in [-0.39, 0.29) is 12.4 Å². The van der Waals surface area contributed by atoms with E-state index < -0.39 is 5.54 Å². The molecule has 4 heteroatoms. The number of hydrogen-bond donors (Lipinski definition) is 4. The second-order valence-electron chi connectivity index (χ2n) is 3.98. The molecular formula is C11H14N2O2. The number of H-pyrrole nitrogens is 1. The fourth-order valence-corrected chi connectivity index (χ4v) is 1.66. The smallest absolute Gasteiger partial charge is 0.130 e. The van der Waals surface area contributed by atoms with Crippen molar-refractivity contribution in [2.75, 3.05) is 6.61 Å². The van der Waals surface area contributed by atoms with Gasteiger partial charge in [-0.3, -0.25) is 0 Å². The van der Waals surface area contributed by atoms with Crippen LogP contribution in [0.4, 0.5) is 0 Å². The zero-order valence-corrected chi connectivity index (χ0v) is 8.49. The first kappa shape index (κ1) is 10.0. The molecule has 0 unspecified atom stereocenters. The van der Waals surface area contributed by atoms with Gasteiger partial charge in [-0.15, -0.1) is 0 Å². The molecule has 0 spiro atoms. The maximum atomic E-state index is 9.99. The van der Waals surface area contributed by atoms with Crippen LogP contribution < -0.4 is 5.73 Å². The normalized spacial score (nSPS) is 15.4. The lowest BCUT2D eigenvalue weighted by Crippen LogP contribution is -2.36. The van der Waals surface area contributed by atoms with Gasteiger partial charge in [0.15, 0.2) is 0 Å². The molecule has 0 saturated heterocycles. The van der Waals surface area contributed by atoms with E-state index in [1.54, 1.807) is 25.3 Å². The fraction of sp³-hybridized carbons (Fsp3) is 0.273. The van der Waals surface area contributed by atoms with E-state index >= 15 is 0 Å². The second-order valence-corrected chi connectivity index (χ2v) is 3.98. The van der Waals surface area contributed by atoms with Crippen molar-refractivity contribution in [1.82, 2.24) is 4.98 Å². The molecule has 15 heavy (non-hydrogen) atoms. The van der Waals surface area contributed by atoms with Crippen molar-refractivity contribution in [3.63, 3.8) is 0 Å². The largest absolute Gasteiger partial charge is 0.507 e. The number of phenols is 1. The molecule has 5 N–H and O–H groups in total. The zero-order chi connectivity index (χ0) is 11.1. The first-order valence-electron chi connectivity index (χ1n) is 4.75. The Bertz CT molecular complexity index is 488. The van der Waals surface area contributed by atoms with Crippen LogP contribution in [0, 0.1) is 0 Å². The molecule has 0 bridgehead atoms. The summed E-state index contributed by atoms with van der Waals surface area (Å²) >= 11 is 0. The third-order valence-corrected chi connectivity index (χ3v) is 2.65. The molecule has 2 aromatic rings. The number of fused-ring (bicyclic) bond motifs is 1. The Balaban J connectivity index is 2.67. The van der Waals surface area contributed by atoms with Crippen LogP contribution in [0.25, 0.3) is 10.9 Å². The van der Waals surface area contributed by atoms with Crippen molar-refractivity contribution in [3.05, 3.63) is 30.0 Å². The van der Waals surface area contributed by atoms with Crippen molar-refractivity contribution in [2.24, 2.45) is 5.73 Å². The van der Waals surface area contributed by atoms with Gasteiger partial charge in [0.05, 0.1) is 12.1 Å². The topological polar surface area (TPSA) is 82.3 Å². The third-order valence-electron chi connectivity index (χ3n) is 2.65. The Morgan fingerprint density at radius 1 is 1.40 bits per heavy atom. The summed E-state index contributed by atoms with van der Waals surface area (Å²) in [5.74, 6) is 0.132. The Hall–Kier alpha value is -1.52. The van der Waals surface area contributed by atoms with Crippen molar-refractivity contribution < 1.29 is 10.2 Å². The van der Waals surface area contributed by atoms with E-state index in [0.29, 0.717) is 5.56 Å². The van der Waals surface area contributed by atoms with Gasteiger partial charge in [-0.25, -0.2) is 0 Å². The number of aliphatic hydroxyl groups excluding tert-OH is 1. The quantitative estimate of drug-likeness (QED) is 0.592. The monoisotopic (exact) mass is 206 g/mol. The fourth-order valence-electron chi connectivity index (χ4n) is 1.66. The molecule has 0 fully saturated rings. The van der Waals surface area contributed by atoms with Gasteiger partial charge in [-0.2, -0.15) is 0 Å². The predicted octanol–water partition coefficient (Wildman–Crippen LogP) is 1.04. The number of aromatic nitrogens is 1. The summed E-state index contributed by atoms with van der Waals surface area (Å²) in [5, 5.41) is 19.9. The second kappa shape index (κ2) is 3.25. The summed E-state index contributed by atoms with van der Waals surface area (Å²) < 4.78 is 0. The van der Waals surface area contributed by atoms with Gasteiger partial charge >= 0.3 is 0 Å².